The Kier molecular flexibility index (Phi) is 6.90. The van der Waals surface area contributed by atoms with Crippen LogP contribution in [0.3, 0.4) is 0 Å². The number of hydrogen-bond acceptors (Lipinski definition) is 5. The predicted octanol–water partition coefficient (Wildman–Crippen LogP) is 2.22. The van der Waals surface area contributed by atoms with Gasteiger partial charge in [0.1, 0.15) is 0 Å². The molecule has 1 saturated carbocycles. The van der Waals surface area contributed by atoms with E-state index in [9.17, 15) is 4.79 Å². The number of likely N-dealkylation sites (tertiary alicyclic amines) is 1. The number of carbonyl (C=O) groups is 1. The van der Waals surface area contributed by atoms with Crippen LogP contribution in [-0.4, -0.2) is 55.2 Å². The van der Waals surface area contributed by atoms with Crippen molar-refractivity contribution in [1.82, 2.24) is 15.2 Å². The van der Waals surface area contributed by atoms with Gasteiger partial charge in [-0.1, -0.05) is 6.07 Å². The number of rotatable bonds is 7. The van der Waals surface area contributed by atoms with Gasteiger partial charge in [-0.25, -0.2) is 4.98 Å². The Labute approximate surface area is 161 Å². The summed E-state index contributed by atoms with van der Waals surface area (Å²) in [6.45, 7) is 5.32. The fourth-order valence-electron chi connectivity index (χ4n) is 3.19. The van der Waals surface area contributed by atoms with E-state index in [4.69, 9.17) is 9.47 Å². The lowest BCUT2D eigenvalue weighted by atomic mass is 9.97. The third-order valence-electron chi connectivity index (χ3n) is 5.04. The van der Waals surface area contributed by atoms with Crippen LogP contribution in [0.1, 0.15) is 38.2 Å². The first-order valence-corrected chi connectivity index (χ1v) is 9.89. The molecular weight excluding hydrogens is 344 g/mol. The van der Waals surface area contributed by atoms with Crippen LogP contribution < -0.4 is 10.1 Å². The molecule has 0 unspecified atom stereocenters. The first-order valence-electron chi connectivity index (χ1n) is 9.89. The van der Waals surface area contributed by atoms with Crippen molar-refractivity contribution in [2.24, 2.45) is 16.8 Å². The maximum absolute atomic E-state index is 11.9. The number of guanidine groups is 1. The normalized spacial score (nSPS) is 18.3. The molecule has 1 aromatic heterocycles. The summed E-state index contributed by atoms with van der Waals surface area (Å²) in [5.41, 5.74) is 1.08. The maximum atomic E-state index is 11.9. The van der Waals surface area contributed by atoms with E-state index in [0.717, 1.165) is 50.0 Å². The van der Waals surface area contributed by atoms with Crippen molar-refractivity contribution in [3.05, 3.63) is 23.9 Å². The molecular formula is C20H30N4O3. The highest BCUT2D eigenvalue weighted by Gasteiger charge is 2.27. The number of pyridine rings is 1. The van der Waals surface area contributed by atoms with Crippen molar-refractivity contribution >= 4 is 11.9 Å². The molecule has 2 fully saturated rings. The minimum absolute atomic E-state index is 0.00619. The van der Waals surface area contributed by atoms with Gasteiger partial charge in [0.15, 0.2) is 5.96 Å². The van der Waals surface area contributed by atoms with Gasteiger partial charge in [-0.3, -0.25) is 9.79 Å². The molecule has 1 saturated heterocycles. The molecule has 27 heavy (non-hydrogen) atoms. The standard InChI is InChI=1S/C20H30N4O3/c1-3-26-19(25)17-8-10-24(11-9-17)20(21-2)23-13-16-6-7-18(22-12-16)27-14-15-4-5-15/h6-7,12,15,17H,3-5,8-11,13-14H2,1-2H3,(H,21,23). The molecule has 0 spiro atoms. The third-order valence-corrected chi connectivity index (χ3v) is 5.04. The smallest absolute Gasteiger partial charge is 0.309 e. The molecule has 3 rings (SSSR count). The van der Waals surface area contributed by atoms with Gasteiger partial charge < -0.3 is 19.7 Å². The number of aliphatic imine (C=N–C) groups is 1. The molecule has 0 radical (unpaired) electrons. The van der Waals surface area contributed by atoms with E-state index in [2.05, 4.69) is 20.2 Å². The first-order chi connectivity index (χ1) is 13.2. The van der Waals surface area contributed by atoms with E-state index in [1.54, 1.807) is 7.05 Å². The molecule has 1 aromatic rings. The number of ether oxygens (including phenoxy) is 2. The molecule has 148 valence electrons. The molecule has 0 aromatic carbocycles. The molecule has 1 N–H and O–H groups in total. The topological polar surface area (TPSA) is 76.0 Å². The van der Waals surface area contributed by atoms with E-state index in [1.807, 2.05) is 25.3 Å². The second-order valence-corrected chi connectivity index (χ2v) is 7.17. The zero-order chi connectivity index (χ0) is 19.1. The minimum atomic E-state index is -0.0739. The largest absolute Gasteiger partial charge is 0.477 e. The van der Waals surface area contributed by atoms with Crippen LogP contribution in [0.25, 0.3) is 0 Å². The summed E-state index contributed by atoms with van der Waals surface area (Å²) in [6.07, 6.45) is 5.99. The lowest BCUT2D eigenvalue weighted by Crippen LogP contribution is -2.46. The van der Waals surface area contributed by atoms with Gasteiger partial charge >= 0.3 is 5.97 Å². The lowest BCUT2D eigenvalue weighted by molar-refractivity contribution is -0.149. The molecule has 0 bridgehead atoms. The van der Waals surface area contributed by atoms with Crippen molar-refractivity contribution in [2.75, 3.05) is 33.4 Å². The predicted molar refractivity (Wildman–Crippen MR) is 104 cm³/mol. The van der Waals surface area contributed by atoms with Crippen LogP contribution in [0.4, 0.5) is 0 Å². The number of carbonyl (C=O) groups excluding carboxylic acids is 1. The van der Waals surface area contributed by atoms with E-state index < -0.39 is 0 Å². The Balaban J connectivity index is 1.43. The Bertz CT molecular complexity index is 635. The highest BCUT2D eigenvalue weighted by atomic mass is 16.5. The fourth-order valence-corrected chi connectivity index (χ4v) is 3.19. The number of nitrogens with zero attached hydrogens (tertiary/aromatic N) is 3. The SMILES string of the molecule is CCOC(=O)C1CCN(C(=NC)NCc2ccc(OCC3CC3)nc2)CC1. The average molecular weight is 374 g/mol. The summed E-state index contributed by atoms with van der Waals surface area (Å²) in [5, 5.41) is 3.38. The number of nitrogens with one attached hydrogen (secondary N) is 1. The average Bonchev–Trinajstić information content (AvgIpc) is 3.53. The Morgan fingerprint density at radius 1 is 1.30 bits per heavy atom. The highest BCUT2D eigenvalue weighted by Crippen LogP contribution is 2.29. The summed E-state index contributed by atoms with van der Waals surface area (Å²) in [4.78, 5) is 22.8. The first kappa shape index (κ1) is 19.5. The summed E-state index contributed by atoms with van der Waals surface area (Å²) in [7, 11) is 1.78. The van der Waals surface area contributed by atoms with E-state index in [-0.39, 0.29) is 11.9 Å². The quantitative estimate of drug-likeness (QED) is 0.448. The van der Waals surface area contributed by atoms with Gasteiger partial charge in [0.2, 0.25) is 5.88 Å². The molecule has 1 aliphatic heterocycles. The van der Waals surface area contributed by atoms with Crippen molar-refractivity contribution < 1.29 is 14.3 Å². The highest BCUT2D eigenvalue weighted by molar-refractivity contribution is 5.80. The van der Waals surface area contributed by atoms with E-state index in [0.29, 0.717) is 19.0 Å². The number of hydrogen-bond donors (Lipinski definition) is 1. The number of esters is 1. The zero-order valence-electron chi connectivity index (χ0n) is 16.3. The summed E-state index contributed by atoms with van der Waals surface area (Å²) >= 11 is 0. The molecule has 1 aliphatic carbocycles. The maximum Gasteiger partial charge on any atom is 0.309 e. The van der Waals surface area contributed by atoms with Gasteiger partial charge in [0, 0.05) is 38.9 Å². The van der Waals surface area contributed by atoms with Crippen molar-refractivity contribution in [3.63, 3.8) is 0 Å². The molecule has 2 aliphatic rings. The van der Waals surface area contributed by atoms with Gasteiger partial charge in [0.25, 0.3) is 0 Å². The molecule has 0 amide bonds. The van der Waals surface area contributed by atoms with Gasteiger partial charge in [0.05, 0.1) is 19.1 Å². The second kappa shape index (κ2) is 9.58. The number of aromatic nitrogens is 1. The minimum Gasteiger partial charge on any atom is -0.477 e. The number of piperidine rings is 1. The van der Waals surface area contributed by atoms with E-state index >= 15 is 0 Å². The van der Waals surface area contributed by atoms with Crippen molar-refractivity contribution in [2.45, 2.75) is 39.2 Å². The molecule has 7 heteroatoms. The van der Waals surface area contributed by atoms with Crippen LogP contribution in [0, 0.1) is 11.8 Å². The zero-order valence-corrected chi connectivity index (χ0v) is 16.3. The van der Waals surface area contributed by atoms with Gasteiger partial charge in [-0.15, -0.1) is 0 Å². The monoisotopic (exact) mass is 374 g/mol. The van der Waals surface area contributed by atoms with Crippen molar-refractivity contribution in [3.8, 4) is 5.88 Å². The second-order valence-electron chi connectivity index (χ2n) is 7.17. The Hall–Kier alpha value is -2.31. The molecule has 2 heterocycles. The Morgan fingerprint density at radius 3 is 2.67 bits per heavy atom. The molecule has 0 atom stereocenters. The Morgan fingerprint density at radius 2 is 2.07 bits per heavy atom. The molecule has 7 nitrogen and oxygen atoms in total. The fraction of sp³-hybridized carbons (Fsp3) is 0.650. The van der Waals surface area contributed by atoms with Gasteiger partial charge in [-0.2, -0.15) is 0 Å². The van der Waals surface area contributed by atoms with Crippen LogP contribution in [0.2, 0.25) is 0 Å². The van der Waals surface area contributed by atoms with Gasteiger partial charge in [-0.05, 0) is 44.1 Å². The van der Waals surface area contributed by atoms with Crippen LogP contribution in [-0.2, 0) is 16.1 Å². The van der Waals surface area contributed by atoms with Crippen molar-refractivity contribution in [1.29, 1.82) is 0 Å². The van der Waals surface area contributed by atoms with Crippen LogP contribution in [0.15, 0.2) is 23.3 Å². The third kappa shape index (κ3) is 5.84. The lowest BCUT2D eigenvalue weighted by Gasteiger charge is -2.33. The summed E-state index contributed by atoms with van der Waals surface area (Å²) < 4.78 is 10.8. The van der Waals surface area contributed by atoms with Crippen LogP contribution >= 0.6 is 0 Å². The van der Waals surface area contributed by atoms with Crippen LogP contribution in [0.5, 0.6) is 5.88 Å². The summed E-state index contributed by atoms with van der Waals surface area (Å²) in [5.74, 6) is 2.20. The summed E-state index contributed by atoms with van der Waals surface area (Å²) in [6, 6.07) is 3.95. The van der Waals surface area contributed by atoms with E-state index in [1.165, 1.54) is 12.8 Å².